The van der Waals surface area contributed by atoms with Crippen LogP contribution in [0.15, 0.2) is 29.2 Å². The van der Waals surface area contributed by atoms with Crippen molar-refractivity contribution in [1.82, 2.24) is 9.62 Å². The van der Waals surface area contributed by atoms with E-state index in [1.54, 1.807) is 0 Å². The van der Waals surface area contributed by atoms with E-state index in [4.69, 9.17) is 5.73 Å². The first-order valence-corrected chi connectivity index (χ1v) is 9.53. The number of nitrogens with two attached hydrogens (primary N) is 1. The number of hydrogen-bond acceptors (Lipinski definition) is 6. The molecule has 1 atom stereocenters. The molecule has 1 saturated heterocycles. The number of hydrogen-bond donors (Lipinski definition) is 2. The summed E-state index contributed by atoms with van der Waals surface area (Å²) < 4.78 is 27.1. The fourth-order valence-corrected chi connectivity index (χ4v) is 4.51. The van der Waals surface area contributed by atoms with E-state index >= 15 is 0 Å². The van der Waals surface area contributed by atoms with Gasteiger partial charge in [0.15, 0.2) is 0 Å². The van der Waals surface area contributed by atoms with Crippen LogP contribution in [0.4, 0.5) is 5.69 Å². The topological polar surface area (TPSA) is 136 Å². The van der Waals surface area contributed by atoms with Crippen molar-refractivity contribution in [3.63, 3.8) is 0 Å². The van der Waals surface area contributed by atoms with Gasteiger partial charge in [0.1, 0.15) is 0 Å². The number of piperidine rings is 1. The second-order valence-corrected chi connectivity index (χ2v) is 7.75. The minimum absolute atomic E-state index is 0.0123. The second kappa shape index (κ2) is 8.37. The maximum absolute atomic E-state index is 12.9. The number of nitro benzene ring substituents is 1. The number of nitro groups is 1. The van der Waals surface area contributed by atoms with Gasteiger partial charge in [0, 0.05) is 44.2 Å². The van der Waals surface area contributed by atoms with E-state index in [2.05, 4.69) is 5.32 Å². The van der Waals surface area contributed by atoms with Crippen molar-refractivity contribution in [3.8, 4) is 0 Å². The molecule has 0 aliphatic carbocycles. The summed E-state index contributed by atoms with van der Waals surface area (Å²) in [6, 6.07) is 4.50. The molecule has 1 fully saturated rings. The van der Waals surface area contributed by atoms with Gasteiger partial charge in [-0.25, -0.2) is 8.42 Å². The molecule has 1 aromatic carbocycles. The molecule has 138 valence electrons. The highest BCUT2D eigenvalue weighted by molar-refractivity contribution is 7.89. The van der Waals surface area contributed by atoms with E-state index in [0.717, 1.165) is 12.8 Å². The lowest BCUT2D eigenvalue weighted by atomic mass is 10.1. The second-order valence-electron chi connectivity index (χ2n) is 5.86. The first-order chi connectivity index (χ1) is 11.9. The zero-order valence-corrected chi connectivity index (χ0v) is 14.6. The molecule has 1 heterocycles. The fraction of sp³-hybridized carbons (Fsp3) is 0.533. The summed E-state index contributed by atoms with van der Waals surface area (Å²) in [5, 5.41) is 13.4. The minimum atomic E-state index is -3.78. The van der Waals surface area contributed by atoms with Gasteiger partial charge in [0.25, 0.3) is 5.69 Å². The van der Waals surface area contributed by atoms with Crippen molar-refractivity contribution in [2.45, 2.75) is 36.6 Å². The standard InChI is InChI=1S/C15H22N4O5S/c16-9-8-15(20)17-11-13-3-1-2-10-18(13)25(23,24)14-6-4-12(5-7-14)19(21)22/h4-7,13H,1-3,8-11,16H2,(H,17,20)/t13-/m0/s1. The zero-order valence-electron chi connectivity index (χ0n) is 13.8. The molecule has 0 radical (unpaired) electrons. The molecule has 1 aliphatic heterocycles. The SMILES string of the molecule is NCCC(=O)NC[C@@H]1CCCCN1S(=O)(=O)c1ccc([N+](=O)[O-])cc1. The Hall–Kier alpha value is -2.04. The maximum Gasteiger partial charge on any atom is 0.269 e. The van der Waals surface area contributed by atoms with Gasteiger partial charge in [0.05, 0.1) is 9.82 Å². The average Bonchev–Trinajstić information content (AvgIpc) is 2.60. The number of carbonyl (C=O) groups excluding carboxylic acids is 1. The highest BCUT2D eigenvalue weighted by Gasteiger charge is 2.33. The van der Waals surface area contributed by atoms with Crippen molar-refractivity contribution >= 4 is 21.6 Å². The monoisotopic (exact) mass is 370 g/mol. The molecule has 0 bridgehead atoms. The Bertz CT molecular complexity index is 720. The lowest BCUT2D eigenvalue weighted by Gasteiger charge is -2.34. The largest absolute Gasteiger partial charge is 0.354 e. The predicted molar refractivity (Wildman–Crippen MR) is 91.3 cm³/mol. The van der Waals surface area contributed by atoms with E-state index in [1.807, 2.05) is 0 Å². The number of amides is 1. The normalized spacial score (nSPS) is 18.7. The van der Waals surface area contributed by atoms with Crippen LogP contribution in [0.3, 0.4) is 0 Å². The van der Waals surface area contributed by atoms with Crippen molar-refractivity contribution < 1.29 is 18.1 Å². The molecule has 1 amide bonds. The lowest BCUT2D eigenvalue weighted by Crippen LogP contribution is -2.49. The number of nitrogens with one attached hydrogen (secondary N) is 1. The number of sulfonamides is 1. The molecule has 0 saturated carbocycles. The van der Waals surface area contributed by atoms with Gasteiger partial charge < -0.3 is 11.1 Å². The van der Waals surface area contributed by atoms with Crippen LogP contribution in [0.25, 0.3) is 0 Å². The summed E-state index contributed by atoms with van der Waals surface area (Å²) in [6.45, 7) is 0.823. The zero-order chi connectivity index (χ0) is 18.4. The third-order valence-corrected chi connectivity index (χ3v) is 6.10. The molecule has 0 aromatic heterocycles. The van der Waals surface area contributed by atoms with Gasteiger partial charge in [-0.15, -0.1) is 0 Å². The van der Waals surface area contributed by atoms with Crippen molar-refractivity contribution in [2.24, 2.45) is 5.73 Å². The molecular formula is C15H22N4O5S. The number of nitrogens with zero attached hydrogens (tertiary/aromatic N) is 2. The van der Waals surface area contributed by atoms with E-state index in [0.29, 0.717) is 13.0 Å². The maximum atomic E-state index is 12.9. The molecule has 3 N–H and O–H groups in total. The summed E-state index contributed by atoms with van der Waals surface area (Å²) in [6.07, 6.45) is 2.46. The molecule has 2 rings (SSSR count). The minimum Gasteiger partial charge on any atom is -0.354 e. The summed E-state index contributed by atoms with van der Waals surface area (Å²) in [4.78, 5) is 21.7. The van der Waals surface area contributed by atoms with Gasteiger partial charge in [-0.05, 0) is 25.0 Å². The Morgan fingerprint density at radius 3 is 2.60 bits per heavy atom. The first kappa shape index (κ1) is 19.3. The van der Waals surface area contributed by atoms with Gasteiger partial charge in [0.2, 0.25) is 15.9 Å². The van der Waals surface area contributed by atoms with Crippen molar-refractivity contribution in [1.29, 1.82) is 0 Å². The lowest BCUT2D eigenvalue weighted by molar-refractivity contribution is -0.384. The molecule has 1 aliphatic rings. The fourth-order valence-electron chi connectivity index (χ4n) is 2.82. The number of carbonyl (C=O) groups is 1. The Kier molecular flexibility index (Phi) is 6.45. The predicted octanol–water partition coefficient (Wildman–Crippen LogP) is 0.603. The van der Waals surface area contributed by atoms with E-state index in [1.165, 1.54) is 28.6 Å². The number of non-ortho nitro benzene ring substituents is 1. The first-order valence-electron chi connectivity index (χ1n) is 8.09. The Balaban J connectivity index is 2.16. The van der Waals surface area contributed by atoms with Crippen LogP contribution in [-0.2, 0) is 14.8 Å². The Morgan fingerprint density at radius 2 is 2.00 bits per heavy atom. The van der Waals surface area contributed by atoms with Crippen LogP contribution in [0.2, 0.25) is 0 Å². The Morgan fingerprint density at radius 1 is 1.32 bits per heavy atom. The van der Waals surface area contributed by atoms with Crippen LogP contribution < -0.4 is 11.1 Å². The van der Waals surface area contributed by atoms with Crippen LogP contribution in [0.1, 0.15) is 25.7 Å². The third-order valence-electron chi connectivity index (χ3n) is 4.13. The molecule has 0 unspecified atom stereocenters. The quantitative estimate of drug-likeness (QED) is 0.533. The summed E-state index contributed by atoms with van der Waals surface area (Å²) in [5.74, 6) is -0.208. The summed E-state index contributed by atoms with van der Waals surface area (Å²) >= 11 is 0. The molecule has 10 heteroatoms. The van der Waals surface area contributed by atoms with Crippen molar-refractivity contribution in [3.05, 3.63) is 34.4 Å². The molecule has 25 heavy (non-hydrogen) atoms. The van der Waals surface area contributed by atoms with Gasteiger partial charge in [-0.2, -0.15) is 4.31 Å². The Labute approximate surface area is 146 Å². The van der Waals surface area contributed by atoms with Gasteiger partial charge in [-0.3, -0.25) is 14.9 Å². The third kappa shape index (κ3) is 4.74. The van der Waals surface area contributed by atoms with Crippen LogP contribution >= 0.6 is 0 Å². The average molecular weight is 370 g/mol. The van der Waals surface area contributed by atoms with Gasteiger partial charge >= 0.3 is 0 Å². The van der Waals surface area contributed by atoms with Crippen LogP contribution in [0, 0.1) is 10.1 Å². The summed E-state index contributed by atoms with van der Waals surface area (Å²) in [7, 11) is -3.78. The highest BCUT2D eigenvalue weighted by Crippen LogP contribution is 2.26. The van der Waals surface area contributed by atoms with E-state index in [-0.39, 0.29) is 42.0 Å². The highest BCUT2D eigenvalue weighted by atomic mass is 32.2. The van der Waals surface area contributed by atoms with Crippen LogP contribution in [-0.4, -0.2) is 49.2 Å². The molecule has 9 nitrogen and oxygen atoms in total. The van der Waals surface area contributed by atoms with E-state index < -0.39 is 14.9 Å². The van der Waals surface area contributed by atoms with Crippen molar-refractivity contribution in [2.75, 3.05) is 19.6 Å². The van der Waals surface area contributed by atoms with Crippen LogP contribution in [0.5, 0.6) is 0 Å². The smallest absolute Gasteiger partial charge is 0.269 e. The molecule has 0 spiro atoms. The van der Waals surface area contributed by atoms with E-state index in [9.17, 15) is 23.3 Å². The molecule has 1 aromatic rings. The summed E-state index contributed by atoms with van der Waals surface area (Å²) in [5.41, 5.74) is 5.17. The molecular weight excluding hydrogens is 348 g/mol. The number of benzene rings is 1. The number of rotatable bonds is 7. The van der Waals surface area contributed by atoms with Gasteiger partial charge in [-0.1, -0.05) is 6.42 Å².